The Morgan fingerprint density at radius 3 is 2.70 bits per heavy atom. The molecule has 1 fully saturated rings. The van der Waals surface area contributed by atoms with Gasteiger partial charge >= 0.3 is 0 Å². The summed E-state index contributed by atoms with van der Waals surface area (Å²) in [7, 11) is 0. The first-order chi connectivity index (χ1) is 13.3. The topological polar surface area (TPSA) is 55.1 Å². The third-order valence-electron chi connectivity index (χ3n) is 5.73. The van der Waals surface area contributed by atoms with Crippen molar-refractivity contribution < 1.29 is 9.21 Å². The maximum atomic E-state index is 12.0. The van der Waals surface area contributed by atoms with Crippen molar-refractivity contribution >= 4 is 5.78 Å². The maximum absolute atomic E-state index is 12.0. The summed E-state index contributed by atoms with van der Waals surface area (Å²) in [6.07, 6.45) is 7.38. The van der Waals surface area contributed by atoms with Crippen LogP contribution in [0.1, 0.15) is 46.9 Å². The van der Waals surface area contributed by atoms with Gasteiger partial charge in [0.05, 0.1) is 0 Å². The van der Waals surface area contributed by atoms with Gasteiger partial charge in [0.1, 0.15) is 11.5 Å². The summed E-state index contributed by atoms with van der Waals surface area (Å²) < 4.78 is 6.40. The monoisotopic (exact) mass is 358 g/mol. The van der Waals surface area contributed by atoms with E-state index < -0.39 is 0 Å². The number of piperidine rings is 1. The number of aryl methyl sites for hydroxylation is 1. The molecule has 1 unspecified atom stereocenters. The molecule has 2 aliphatic rings. The van der Waals surface area contributed by atoms with Gasteiger partial charge < -0.3 is 9.73 Å². The molecule has 0 bridgehead atoms. The summed E-state index contributed by atoms with van der Waals surface area (Å²) in [6, 6.07) is 12.4. The predicted molar refractivity (Wildman–Crippen MR) is 105 cm³/mol. The Morgan fingerprint density at radius 2 is 1.89 bits per heavy atom. The summed E-state index contributed by atoms with van der Waals surface area (Å²) in [5, 5.41) is 3.47. The van der Waals surface area contributed by atoms with Gasteiger partial charge in [-0.15, -0.1) is 0 Å². The number of carbonyl (C=O) groups is 1. The summed E-state index contributed by atoms with van der Waals surface area (Å²) in [5.41, 5.74) is 5.29. The van der Waals surface area contributed by atoms with E-state index in [0.717, 1.165) is 65.3 Å². The zero-order chi connectivity index (χ0) is 18.2. The lowest BCUT2D eigenvalue weighted by molar-refractivity contribution is 0.0994. The van der Waals surface area contributed by atoms with E-state index in [1.54, 1.807) is 12.4 Å². The highest BCUT2D eigenvalue weighted by molar-refractivity contribution is 6.01. The van der Waals surface area contributed by atoms with Gasteiger partial charge in [-0.1, -0.05) is 18.2 Å². The van der Waals surface area contributed by atoms with E-state index >= 15 is 0 Å². The van der Waals surface area contributed by atoms with Crippen LogP contribution in [0, 0.1) is 0 Å². The Kier molecular flexibility index (Phi) is 4.13. The number of aromatic nitrogens is 1. The van der Waals surface area contributed by atoms with Gasteiger partial charge in [-0.05, 0) is 55.1 Å². The van der Waals surface area contributed by atoms with Gasteiger partial charge in [-0.25, -0.2) is 0 Å². The third kappa shape index (κ3) is 3.00. The fourth-order valence-corrected chi connectivity index (χ4v) is 4.26. The van der Waals surface area contributed by atoms with Crippen molar-refractivity contribution in [2.75, 3.05) is 13.1 Å². The van der Waals surface area contributed by atoms with E-state index in [1.807, 2.05) is 18.2 Å². The standard InChI is InChI=1S/C23H22N2O2/c26-21-6-4-16-12-17(3-5-19(16)21)20-13-22(18-2-1-9-25-14-18)27-23(20)15-7-10-24-11-8-15/h3,5,7-8,10-13,18,25H,1-2,4,6,9,14H2. The molecule has 1 atom stereocenters. The number of carbonyl (C=O) groups excluding carboxylic acids is 1. The quantitative estimate of drug-likeness (QED) is 0.743. The van der Waals surface area contributed by atoms with Crippen molar-refractivity contribution in [3.05, 3.63) is 65.7 Å². The number of hydrogen-bond acceptors (Lipinski definition) is 4. The Balaban J connectivity index is 1.62. The van der Waals surface area contributed by atoms with Crippen molar-refractivity contribution in [1.82, 2.24) is 10.3 Å². The minimum atomic E-state index is 0.257. The molecule has 1 saturated heterocycles. The zero-order valence-electron chi connectivity index (χ0n) is 15.2. The minimum absolute atomic E-state index is 0.257. The molecule has 1 aliphatic carbocycles. The molecule has 4 heteroatoms. The Hall–Kier alpha value is -2.72. The second kappa shape index (κ2) is 6.78. The number of furan rings is 1. The lowest BCUT2D eigenvalue weighted by Crippen LogP contribution is -2.28. The fourth-order valence-electron chi connectivity index (χ4n) is 4.26. The average Bonchev–Trinajstić information content (AvgIpc) is 3.33. The van der Waals surface area contributed by atoms with Crippen LogP contribution in [0.3, 0.4) is 0 Å². The Bertz CT molecular complexity index is 985. The second-order valence-electron chi connectivity index (χ2n) is 7.47. The highest BCUT2D eigenvalue weighted by atomic mass is 16.3. The molecular weight excluding hydrogens is 336 g/mol. The van der Waals surface area contributed by atoms with E-state index in [9.17, 15) is 4.79 Å². The highest BCUT2D eigenvalue weighted by Crippen LogP contribution is 2.40. The van der Waals surface area contributed by atoms with Crippen LogP contribution < -0.4 is 5.32 Å². The van der Waals surface area contributed by atoms with Gasteiger partial charge in [0.15, 0.2) is 5.78 Å². The molecule has 4 nitrogen and oxygen atoms in total. The number of pyridine rings is 1. The van der Waals surface area contributed by atoms with Gasteiger partial charge in [-0.2, -0.15) is 0 Å². The molecule has 0 amide bonds. The Morgan fingerprint density at radius 1 is 1.00 bits per heavy atom. The maximum Gasteiger partial charge on any atom is 0.163 e. The number of Topliss-reactive ketones (excluding diaryl/α,β-unsaturated/α-hetero) is 1. The van der Waals surface area contributed by atoms with Crippen LogP contribution in [0.4, 0.5) is 0 Å². The van der Waals surface area contributed by atoms with E-state index in [1.165, 1.54) is 6.42 Å². The van der Waals surface area contributed by atoms with Gasteiger partial charge in [0.25, 0.3) is 0 Å². The van der Waals surface area contributed by atoms with Crippen LogP contribution in [0.2, 0.25) is 0 Å². The van der Waals surface area contributed by atoms with Crippen LogP contribution in [0.5, 0.6) is 0 Å². The number of benzene rings is 1. The highest BCUT2D eigenvalue weighted by Gasteiger charge is 2.24. The van der Waals surface area contributed by atoms with Crippen LogP contribution in [-0.2, 0) is 6.42 Å². The minimum Gasteiger partial charge on any atom is -0.460 e. The molecule has 0 spiro atoms. The fraction of sp³-hybridized carbons (Fsp3) is 0.304. The van der Waals surface area contributed by atoms with E-state index in [4.69, 9.17) is 4.42 Å². The second-order valence-corrected chi connectivity index (χ2v) is 7.47. The van der Waals surface area contributed by atoms with E-state index in [-0.39, 0.29) is 5.78 Å². The number of nitrogens with zero attached hydrogens (tertiary/aromatic N) is 1. The van der Waals surface area contributed by atoms with Crippen LogP contribution in [0.25, 0.3) is 22.5 Å². The normalized spacial score (nSPS) is 19.3. The zero-order valence-corrected chi connectivity index (χ0v) is 15.2. The first kappa shape index (κ1) is 16.5. The lowest BCUT2D eigenvalue weighted by atomic mass is 9.94. The van der Waals surface area contributed by atoms with Crippen molar-refractivity contribution in [3.8, 4) is 22.5 Å². The number of nitrogens with one attached hydrogen (secondary N) is 1. The SMILES string of the molecule is O=C1CCc2cc(-c3cc(C4CCCNC4)oc3-c3ccncc3)ccc21. The number of fused-ring (bicyclic) bond motifs is 1. The molecule has 1 aliphatic heterocycles. The summed E-state index contributed by atoms with van der Waals surface area (Å²) in [5.74, 6) is 2.60. The number of rotatable bonds is 3. The molecular formula is C23H22N2O2. The molecule has 1 aromatic carbocycles. The Labute approximate surface area is 158 Å². The van der Waals surface area contributed by atoms with Gasteiger partial charge in [0, 0.05) is 48.0 Å². The number of ketones is 1. The largest absolute Gasteiger partial charge is 0.460 e. The van der Waals surface area contributed by atoms with Crippen molar-refractivity contribution in [1.29, 1.82) is 0 Å². The van der Waals surface area contributed by atoms with Crippen molar-refractivity contribution in [2.45, 2.75) is 31.6 Å². The van der Waals surface area contributed by atoms with Crippen molar-refractivity contribution in [2.24, 2.45) is 0 Å². The summed E-state index contributed by atoms with van der Waals surface area (Å²) in [6.45, 7) is 2.04. The predicted octanol–water partition coefficient (Wildman–Crippen LogP) is 4.60. The molecule has 3 aromatic rings. The molecule has 0 saturated carbocycles. The summed E-state index contributed by atoms with van der Waals surface area (Å²) in [4.78, 5) is 16.1. The smallest absolute Gasteiger partial charge is 0.163 e. The van der Waals surface area contributed by atoms with Crippen LogP contribution in [0.15, 0.2) is 53.2 Å². The molecule has 1 N–H and O–H groups in total. The van der Waals surface area contributed by atoms with Gasteiger partial charge in [0.2, 0.25) is 0 Å². The molecule has 27 heavy (non-hydrogen) atoms. The summed E-state index contributed by atoms with van der Waals surface area (Å²) >= 11 is 0. The molecule has 136 valence electrons. The first-order valence-electron chi connectivity index (χ1n) is 9.71. The lowest BCUT2D eigenvalue weighted by Gasteiger charge is -2.20. The first-order valence-corrected chi connectivity index (χ1v) is 9.71. The third-order valence-corrected chi connectivity index (χ3v) is 5.73. The van der Waals surface area contributed by atoms with Gasteiger partial charge in [-0.3, -0.25) is 9.78 Å². The molecule has 0 radical (unpaired) electrons. The molecule has 2 aromatic heterocycles. The average molecular weight is 358 g/mol. The van der Waals surface area contributed by atoms with Crippen molar-refractivity contribution in [3.63, 3.8) is 0 Å². The molecule has 5 rings (SSSR count). The van der Waals surface area contributed by atoms with E-state index in [2.05, 4.69) is 28.5 Å². The number of hydrogen-bond donors (Lipinski definition) is 1. The molecule has 3 heterocycles. The van der Waals surface area contributed by atoms with E-state index in [0.29, 0.717) is 12.3 Å². The van der Waals surface area contributed by atoms with Crippen LogP contribution >= 0.6 is 0 Å². The van der Waals surface area contributed by atoms with Crippen LogP contribution in [-0.4, -0.2) is 23.9 Å².